The molecule has 10 heteroatoms. The number of aliphatic carboxylic acids is 1. The topological polar surface area (TPSA) is 104 Å². The number of nitrogens with one attached hydrogen (secondary N) is 2. The van der Waals surface area contributed by atoms with Gasteiger partial charge in [-0.25, -0.2) is 9.07 Å². The van der Waals surface area contributed by atoms with Gasteiger partial charge < -0.3 is 10.4 Å². The molecule has 1 unspecified atom stereocenters. The van der Waals surface area contributed by atoms with Crippen LogP contribution in [0.2, 0.25) is 10.0 Å². The third-order valence-corrected chi connectivity index (χ3v) is 4.93. The van der Waals surface area contributed by atoms with E-state index in [1.807, 2.05) is 0 Å². The standard InChI is InChI=1S/C19H14Cl2FN3O4/c20-11-5-3-4-10(18(11)21)13(9-17(27)28)23-19(29)14-8-16(26)25(24-14)15-7-2-1-6-12(15)22/h1-8,13,24H,9H2,(H,23,29)(H,27,28). The highest BCUT2D eigenvalue weighted by atomic mass is 35.5. The monoisotopic (exact) mass is 437 g/mol. The van der Waals surface area contributed by atoms with Gasteiger partial charge in [0.25, 0.3) is 11.5 Å². The summed E-state index contributed by atoms with van der Waals surface area (Å²) in [5.41, 5.74) is -0.579. The van der Waals surface area contributed by atoms with E-state index in [0.717, 1.165) is 10.7 Å². The third-order valence-electron chi connectivity index (χ3n) is 4.10. The van der Waals surface area contributed by atoms with Gasteiger partial charge in [-0.2, -0.15) is 0 Å². The molecular weight excluding hydrogens is 424 g/mol. The summed E-state index contributed by atoms with van der Waals surface area (Å²) in [7, 11) is 0. The molecule has 3 rings (SSSR count). The molecule has 1 amide bonds. The van der Waals surface area contributed by atoms with Crippen LogP contribution in [0.5, 0.6) is 0 Å². The highest BCUT2D eigenvalue weighted by Gasteiger charge is 2.23. The highest BCUT2D eigenvalue weighted by molar-refractivity contribution is 6.42. The van der Waals surface area contributed by atoms with Gasteiger partial charge in [0, 0.05) is 6.07 Å². The Bertz CT molecular complexity index is 1140. The van der Waals surface area contributed by atoms with Gasteiger partial charge in [-0.3, -0.25) is 19.5 Å². The molecule has 3 N–H and O–H groups in total. The van der Waals surface area contributed by atoms with E-state index in [1.54, 1.807) is 6.07 Å². The number of aromatic nitrogens is 2. The smallest absolute Gasteiger partial charge is 0.305 e. The fraction of sp³-hybridized carbons (Fsp3) is 0.105. The van der Waals surface area contributed by atoms with Gasteiger partial charge >= 0.3 is 5.97 Å². The highest BCUT2D eigenvalue weighted by Crippen LogP contribution is 2.31. The minimum atomic E-state index is -1.18. The maximum atomic E-state index is 14.0. The Morgan fingerprint density at radius 1 is 1.17 bits per heavy atom. The molecule has 150 valence electrons. The molecule has 0 aliphatic heterocycles. The number of hydrogen-bond donors (Lipinski definition) is 3. The van der Waals surface area contributed by atoms with Crippen LogP contribution in [0.15, 0.2) is 53.3 Å². The first-order valence-electron chi connectivity index (χ1n) is 8.31. The average molecular weight is 438 g/mol. The number of halogens is 3. The van der Waals surface area contributed by atoms with Crippen LogP contribution >= 0.6 is 23.2 Å². The number of H-pyrrole nitrogens is 1. The van der Waals surface area contributed by atoms with Crippen molar-refractivity contribution in [3.8, 4) is 5.69 Å². The first-order valence-corrected chi connectivity index (χ1v) is 9.07. The molecule has 0 spiro atoms. The number of carboxylic acid groups (broad SMARTS) is 1. The fourth-order valence-electron chi connectivity index (χ4n) is 2.76. The summed E-state index contributed by atoms with van der Waals surface area (Å²) < 4.78 is 14.8. The molecular formula is C19H14Cl2FN3O4. The normalized spacial score (nSPS) is 11.8. The lowest BCUT2D eigenvalue weighted by atomic mass is 10.0. The van der Waals surface area contributed by atoms with Crippen LogP contribution in [0.3, 0.4) is 0 Å². The first-order chi connectivity index (χ1) is 13.8. The fourth-order valence-corrected chi connectivity index (χ4v) is 3.20. The van der Waals surface area contributed by atoms with Gasteiger partial charge in [-0.1, -0.05) is 47.5 Å². The Morgan fingerprint density at radius 3 is 2.59 bits per heavy atom. The largest absolute Gasteiger partial charge is 0.481 e. The maximum Gasteiger partial charge on any atom is 0.305 e. The Morgan fingerprint density at radius 2 is 1.90 bits per heavy atom. The summed E-state index contributed by atoms with van der Waals surface area (Å²) in [4.78, 5) is 36.1. The van der Waals surface area contributed by atoms with E-state index in [-0.39, 0.29) is 21.4 Å². The molecule has 7 nitrogen and oxygen atoms in total. The zero-order valence-electron chi connectivity index (χ0n) is 14.7. The zero-order chi connectivity index (χ0) is 21.1. The van der Waals surface area contributed by atoms with Crippen LogP contribution in [0, 0.1) is 5.82 Å². The summed E-state index contributed by atoms with van der Waals surface area (Å²) in [6.07, 6.45) is -0.468. The van der Waals surface area contributed by atoms with E-state index in [9.17, 15) is 23.9 Å². The SMILES string of the molecule is O=C(O)CC(NC(=O)c1cc(=O)n(-c2ccccc2F)[nH]1)c1cccc(Cl)c1Cl. The minimum Gasteiger partial charge on any atom is -0.481 e. The van der Waals surface area contributed by atoms with Gasteiger partial charge in [0.05, 0.1) is 22.5 Å². The molecule has 0 saturated heterocycles. The molecule has 0 saturated carbocycles. The van der Waals surface area contributed by atoms with Crippen molar-refractivity contribution in [2.24, 2.45) is 0 Å². The second-order valence-corrected chi connectivity index (χ2v) is 6.85. The molecule has 1 atom stereocenters. The van der Waals surface area contributed by atoms with Gasteiger partial charge in [0.2, 0.25) is 0 Å². The number of benzene rings is 2. The molecule has 2 aromatic carbocycles. The summed E-state index contributed by atoms with van der Waals surface area (Å²) in [5, 5.41) is 14.5. The van der Waals surface area contributed by atoms with E-state index in [1.165, 1.54) is 36.4 Å². The number of amides is 1. The second-order valence-electron chi connectivity index (χ2n) is 6.06. The van der Waals surface area contributed by atoms with Crippen LogP contribution in [0.4, 0.5) is 4.39 Å². The van der Waals surface area contributed by atoms with Crippen LogP contribution in [-0.2, 0) is 4.79 Å². The van der Waals surface area contributed by atoms with E-state index >= 15 is 0 Å². The number of aromatic amines is 1. The average Bonchev–Trinajstić information content (AvgIpc) is 3.05. The zero-order valence-corrected chi connectivity index (χ0v) is 16.2. The van der Waals surface area contributed by atoms with Crippen LogP contribution in [0.25, 0.3) is 5.69 Å². The number of carbonyl (C=O) groups excluding carboxylic acids is 1. The van der Waals surface area contributed by atoms with E-state index < -0.39 is 35.7 Å². The van der Waals surface area contributed by atoms with Crippen molar-refractivity contribution in [1.82, 2.24) is 15.1 Å². The van der Waals surface area contributed by atoms with Crippen molar-refractivity contribution >= 4 is 35.1 Å². The predicted octanol–water partition coefficient (Wildman–Crippen LogP) is 3.56. The Labute approximate surface area is 173 Å². The second kappa shape index (κ2) is 8.50. The maximum absolute atomic E-state index is 14.0. The predicted molar refractivity (Wildman–Crippen MR) is 105 cm³/mol. The quantitative estimate of drug-likeness (QED) is 0.548. The van der Waals surface area contributed by atoms with Crippen molar-refractivity contribution in [2.75, 3.05) is 0 Å². The number of carboxylic acids is 1. The Hall–Kier alpha value is -3.10. The van der Waals surface area contributed by atoms with Crippen molar-refractivity contribution in [2.45, 2.75) is 12.5 Å². The Kier molecular flexibility index (Phi) is 6.05. The van der Waals surface area contributed by atoms with Crippen molar-refractivity contribution in [3.05, 3.63) is 86.0 Å². The lowest BCUT2D eigenvalue weighted by Gasteiger charge is -2.18. The minimum absolute atomic E-state index is 0.0588. The lowest BCUT2D eigenvalue weighted by Crippen LogP contribution is -2.30. The summed E-state index contributed by atoms with van der Waals surface area (Å²) >= 11 is 12.1. The van der Waals surface area contributed by atoms with E-state index in [2.05, 4.69) is 10.4 Å². The molecule has 0 bridgehead atoms. The number of para-hydroxylation sites is 1. The van der Waals surface area contributed by atoms with E-state index in [4.69, 9.17) is 23.2 Å². The molecule has 3 aromatic rings. The molecule has 1 aromatic heterocycles. The summed E-state index contributed by atoms with van der Waals surface area (Å²) in [6, 6.07) is 10.2. The number of carbonyl (C=O) groups is 2. The van der Waals surface area contributed by atoms with Crippen LogP contribution < -0.4 is 10.9 Å². The van der Waals surface area contributed by atoms with Gasteiger partial charge in [0.1, 0.15) is 17.2 Å². The number of rotatable bonds is 6. The number of hydrogen-bond acceptors (Lipinski definition) is 3. The van der Waals surface area contributed by atoms with E-state index in [0.29, 0.717) is 5.56 Å². The summed E-state index contributed by atoms with van der Waals surface area (Å²) in [5.74, 6) is -2.60. The molecule has 0 radical (unpaired) electrons. The van der Waals surface area contributed by atoms with Crippen molar-refractivity contribution in [1.29, 1.82) is 0 Å². The summed E-state index contributed by atoms with van der Waals surface area (Å²) in [6.45, 7) is 0. The molecule has 1 heterocycles. The lowest BCUT2D eigenvalue weighted by molar-refractivity contribution is -0.137. The van der Waals surface area contributed by atoms with Crippen molar-refractivity contribution < 1.29 is 19.1 Å². The molecule has 0 fully saturated rings. The third kappa shape index (κ3) is 4.49. The van der Waals surface area contributed by atoms with Gasteiger partial charge in [0.15, 0.2) is 0 Å². The molecule has 0 aliphatic rings. The van der Waals surface area contributed by atoms with Gasteiger partial charge in [-0.15, -0.1) is 0 Å². The molecule has 0 aliphatic carbocycles. The van der Waals surface area contributed by atoms with Gasteiger partial charge in [-0.05, 0) is 23.8 Å². The number of nitrogens with zero attached hydrogens (tertiary/aromatic N) is 1. The van der Waals surface area contributed by atoms with Crippen molar-refractivity contribution in [3.63, 3.8) is 0 Å². The Balaban J connectivity index is 1.92. The van der Waals surface area contributed by atoms with Crippen LogP contribution in [-0.4, -0.2) is 26.8 Å². The molecule has 29 heavy (non-hydrogen) atoms. The van der Waals surface area contributed by atoms with Crippen LogP contribution in [0.1, 0.15) is 28.5 Å². The first kappa shape index (κ1) is 20.6.